The Bertz CT molecular complexity index is 1400. The lowest BCUT2D eigenvalue weighted by Crippen LogP contribution is -2.14. The number of amides is 1. The largest absolute Gasteiger partial charge is 0.334 e. The van der Waals surface area contributed by atoms with Crippen LogP contribution in [0.4, 0.5) is 21.6 Å². The fraction of sp³-hybridized carbons (Fsp3) is 0.217. The van der Waals surface area contributed by atoms with Crippen LogP contribution in [0.3, 0.4) is 0 Å². The van der Waals surface area contributed by atoms with Crippen LogP contribution in [-0.2, 0) is 19.9 Å². The van der Waals surface area contributed by atoms with Gasteiger partial charge in [0.15, 0.2) is 5.82 Å². The maximum atomic E-state index is 14.5. The second-order valence-corrected chi connectivity index (χ2v) is 9.11. The third-order valence-electron chi connectivity index (χ3n) is 5.66. The lowest BCUT2D eigenvalue weighted by atomic mass is 10.1. The van der Waals surface area contributed by atoms with E-state index >= 15 is 0 Å². The zero-order chi connectivity index (χ0) is 23.1. The van der Waals surface area contributed by atoms with Crippen LogP contribution in [0.25, 0.3) is 11.3 Å². The highest BCUT2D eigenvalue weighted by Crippen LogP contribution is 2.31. The van der Waals surface area contributed by atoms with E-state index in [1.165, 1.54) is 33.9 Å². The van der Waals surface area contributed by atoms with Crippen LogP contribution < -0.4 is 16.2 Å². The summed E-state index contributed by atoms with van der Waals surface area (Å²) in [6.07, 6.45) is 3.08. The van der Waals surface area contributed by atoms with Crippen molar-refractivity contribution < 1.29 is 9.18 Å². The summed E-state index contributed by atoms with van der Waals surface area (Å²) in [5, 5.41) is 16.5. The van der Waals surface area contributed by atoms with Crippen LogP contribution in [0, 0.1) is 12.7 Å². The quantitative estimate of drug-likeness (QED) is 0.411. The number of fused-ring (bicyclic) bond motifs is 1. The number of nitrogens with one attached hydrogen (secondary N) is 3. The highest BCUT2D eigenvalue weighted by Gasteiger charge is 2.19. The average molecular weight is 465 g/mol. The molecule has 3 N–H and O–H groups in total. The minimum Gasteiger partial charge on any atom is -0.334 e. The van der Waals surface area contributed by atoms with Crippen molar-refractivity contribution in [2.24, 2.45) is 7.05 Å². The molecule has 0 spiro atoms. The summed E-state index contributed by atoms with van der Waals surface area (Å²) in [5.41, 5.74) is 2.98. The summed E-state index contributed by atoms with van der Waals surface area (Å²) in [6.45, 7) is 1.90. The van der Waals surface area contributed by atoms with Crippen LogP contribution in [0.5, 0.6) is 0 Å². The average Bonchev–Trinajstić information content (AvgIpc) is 3.47. The van der Waals surface area contributed by atoms with Crippen molar-refractivity contribution in [3.63, 3.8) is 0 Å². The van der Waals surface area contributed by atoms with Crippen LogP contribution in [0.2, 0.25) is 0 Å². The highest BCUT2D eigenvalue weighted by molar-refractivity contribution is 7.14. The number of hydrogen-bond acceptors (Lipinski definition) is 6. The van der Waals surface area contributed by atoms with E-state index in [-0.39, 0.29) is 17.3 Å². The van der Waals surface area contributed by atoms with Gasteiger partial charge in [-0.15, -0.1) is 11.3 Å². The molecule has 0 radical (unpaired) electrons. The van der Waals surface area contributed by atoms with Crippen molar-refractivity contribution in [2.75, 3.05) is 10.6 Å². The summed E-state index contributed by atoms with van der Waals surface area (Å²) in [7, 11) is 1.81. The number of carbonyl (C=O) groups is 1. The second-order valence-electron chi connectivity index (χ2n) is 7.98. The highest BCUT2D eigenvalue weighted by atomic mass is 32.1. The Morgan fingerprint density at radius 3 is 2.79 bits per heavy atom. The first kappa shape index (κ1) is 21.1. The normalized spacial score (nSPS) is 12.6. The van der Waals surface area contributed by atoms with Crippen LogP contribution in [-0.4, -0.2) is 25.9 Å². The van der Waals surface area contributed by atoms with Gasteiger partial charge in [0.2, 0.25) is 0 Å². The zero-order valence-electron chi connectivity index (χ0n) is 18.0. The molecule has 4 aromatic rings. The molecule has 3 aromatic heterocycles. The molecule has 1 aliphatic carbocycles. The summed E-state index contributed by atoms with van der Waals surface area (Å²) in [6, 6.07) is 9.58. The number of aromatic nitrogens is 4. The van der Waals surface area contributed by atoms with Crippen molar-refractivity contribution in [3.8, 4) is 11.3 Å². The molecule has 10 heteroatoms. The Morgan fingerprint density at radius 2 is 2.03 bits per heavy atom. The molecule has 0 aliphatic heterocycles. The Balaban J connectivity index is 1.41. The second kappa shape index (κ2) is 8.28. The Morgan fingerprint density at radius 1 is 1.18 bits per heavy atom. The SMILES string of the molecule is Cc1cc(Nc2cc(-c3ccc(F)c(NC(=O)c4cc5c(s4)CCC5)c3)n[nH]c2=O)nn1C. The molecule has 0 fully saturated rings. The fourth-order valence-electron chi connectivity index (χ4n) is 3.81. The topological polar surface area (TPSA) is 105 Å². The molecule has 168 valence electrons. The maximum Gasteiger partial charge on any atom is 0.287 e. The summed E-state index contributed by atoms with van der Waals surface area (Å²) in [4.78, 5) is 26.8. The van der Waals surface area contributed by atoms with E-state index in [1.54, 1.807) is 23.9 Å². The fourth-order valence-corrected chi connectivity index (χ4v) is 4.96. The third-order valence-corrected chi connectivity index (χ3v) is 6.90. The first-order chi connectivity index (χ1) is 15.9. The number of nitrogens with zero attached hydrogens (tertiary/aromatic N) is 3. The first-order valence-electron chi connectivity index (χ1n) is 10.5. The number of aryl methyl sites for hydroxylation is 4. The lowest BCUT2D eigenvalue weighted by Gasteiger charge is -2.09. The molecule has 33 heavy (non-hydrogen) atoms. The van der Waals surface area contributed by atoms with E-state index in [1.807, 2.05) is 19.1 Å². The van der Waals surface area contributed by atoms with Gasteiger partial charge in [0.1, 0.15) is 11.5 Å². The van der Waals surface area contributed by atoms with Gasteiger partial charge in [-0.05, 0) is 62.1 Å². The van der Waals surface area contributed by atoms with Crippen molar-refractivity contribution >= 4 is 34.4 Å². The number of rotatable bonds is 5. The van der Waals surface area contributed by atoms with Crippen LogP contribution in [0.15, 0.2) is 41.2 Å². The van der Waals surface area contributed by atoms with Gasteiger partial charge in [-0.25, -0.2) is 9.49 Å². The molecule has 0 bridgehead atoms. The predicted octanol–water partition coefficient (Wildman–Crippen LogP) is 4.16. The number of anilines is 3. The van der Waals surface area contributed by atoms with Gasteiger partial charge in [0.25, 0.3) is 11.5 Å². The summed E-state index contributed by atoms with van der Waals surface area (Å²) < 4.78 is 16.2. The first-order valence-corrected chi connectivity index (χ1v) is 11.3. The van der Waals surface area contributed by atoms with Gasteiger partial charge in [0, 0.05) is 29.2 Å². The van der Waals surface area contributed by atoms with E-state index < -0.39 is 11.4 Å². The standard InChI is InChI=1S/C23H21FN6O2S/c1-12-8-21(29-30(12)2)25-18-11-16(27-28-22(18)31)13-6-7-15(24)17(9-13)26-23(32)20-10-14-4-3-5-19(14)33-20/h6-11H,3-5H2,1-2H3,(H,26,32)(H,28,31)(H,25,27,29). The zero-order valence-corrected chi connectivity index (χ0v) is 18.8. The predicted molar refractivity (Wildman–Crippen MR) is 126 cm³/mol. The van der Waals surface area contributed by atoms with Crippen molar-refractivity contribution in [2.45, 2.75) is 26.2 Å². The molecule has 3 heterocycles. The van der Waals surface area contributed by atoms with Crippen molar-refractivity contribution in [1.29, 1.82) is 0 Å². The van der Waals surface area contributed by atoms with E-state index in [0.717, 1.165) is 25.0 Å². The molecule has 5 rings (SSSR count). The van der Waals surface area contributed by atoms with Crippen molar-refractivity contribution in [1.82, 2.24) is 20.0 Å². The number of H-pyrrole nitrogens is 1. The molecule has 1 amide bonds. The number of benzene rings is 1. The maximum absolute atomic E-state index is 14.5. The Kier molecular flexibility index (Phi) is 5.29. The molecule has 1 aliphatic rings. The van der Waals surface area contributed by atoms with Gasteiger partial charge in [-0.1, -0.05) is 0 Å². The van der Waals surface area contributed by atoms with Crippen LogP contribution >= 0.6 is 11.3 Å². The van der Waals surface area contributed by atoms with Crippen LogP contribution in [0.1, 0.15) is 32.2 Å². The van der Waals surface area contributed by atoms with Gasteiger partial charge < -0.3 is 10.6 Å². The van der Waals surface area contributed by atoms with Gasteiger partial charge in [-0.3, -0.25) is 14.3 Å². The molecule has 0 saturated heterocycles. The minimum atomic E-state index is -0.553. The van der Waals surface area contributed by atoms with Crippen molar-refractivity contribution in [3.05, 3.63) is 73.6 Å². The van der Waals surface area contributed by atoms with E-state index in [9.17, 15) is 14.0 Å². The van der Waals surface area contributed by atoms with Gasteiger partial charge >= 0.3 is 0 Å². The molecular formula is C23H21FN6O2S. The monoisotopic (exact) mass is 464 g/mol. The number of aromatic amines is 1. The van der Waals surface area contributed by atoms with Gasteiger partial charge in [0.05, 0.1) is 16.3 Å². The number of carbonyl (C=O) groups excluding carboxylic acids is 1. The third kappa shape index (κ3) is 4.17. The summed E-state index contributed by atoms with van der Waals surface area (Å²) >= 11 is 1.46. The van der Waals surface area contributed by atoms with E-state index in [0.29, 0.717) is 22.0 Å². The number of hydrogen-bond donors (Lipinski definition) is 3. The van der Waals surface area contributed by atoms with E-state index in [4.69, 9.17) is 0 Å². The molecule has 0 atom stereocenters. The number of halogens is 1. The smallest absolute Gasteiger partial charge is 0.287 e. The minimum absolute atomic E-state index is 0.0499. The van der Waals surface area contributed by atoms with E-state index in [2.05, 4.69) is 25.9 Å². The molecule has 0 saturated carbocycles. The molecule has 0 unspecified atom stereocenters. The lowest BCUT2D eigenvalue weighted by molar-refractivity contribution is 0.103. The summed E-state index contributed by atoms with van der Waals surface area (Å²) in [5.74, 6) is -0.372. The Labute approximate surface area is 192 Å². The number of thiophene rings is 1. The molecular weight excluding hydrogens is 443 g/mol. The molecule has 8 nitrogen and oxygen atoms in total. The Hall–Kier alpha value is -3.79. The van der Waals surface area contributed by atoms with Gasteiger partial charge in [-0.2, -0.15) is 10.2 Å². The molecule has 1 aromatic carbocycles.